The van der Waals surface area contributed by atoms with Crippen molar-refractivity contribution >= 4 is 17.6 Å². The molecule has 0 unspecified atom stereocenters. The fraction of sp³-hybridized carbons (Fsp3) is 0.214. The first-order valence-corrected chi connectivity index (χ1v) is 6.10. The molecule has 1 aromatic carbocycles. The van der Waals surface area contributed by atoms with Gasteiger partial charge >= 0.3 is 5.97 Å². The van der Waals surface area contributed by atoms with Gasteiger partial charge in [-0.3, -0.25) is 9.48 Å². The molecule has 104 valence electrons. The summed E-state index contributed by atoms with van der Waals surface area (Å²) in [7, 11) is 0. The highest BCUT2D eigenvalue weighted by Gasteiger charge is 2.09. The Morgan fingerprint density at radius 2 is 2.05 bits per heavy atom. The van der Waals surface area contributed by atoms with Gasteiger partial charge in [-0.05, 0) is 38.1 Å². The number of anilines is 1. The zero-order valence-corrected chi connectivity index (χ0v) is 11.3. The molecular formula is C14H15N3O3. The highest BCUT2D eigenvalue weighted by atomic mass is 16.4. The van der Waals surface area contributed by atoms with Crippen LogP contribution in [0.4, 0.5) is 5.69 Å². The molecule has 0 spiro atoms. The Bertz CT molecular complexity index is 661. The number of hydrogen-bond acceptors (Lipinski definition) is 3. The van der Waals surface area contributed by atoms with Crippen LogP contribution in [0.3, 0.4) is 0 Å². The van der Waals surface area contributed by atoms with Crippen molar-refractivity contribution in [3.8, 4) is 0 Å². The molecule has 0 saturated carbocycles. The molecule has 1 aromatic heterocycles. The van der Waals surface area contributed by atoms with Gasteiger partial charge in [-0.25, -0.2) is 4.79 Å². The van der Waals surface area contributed by atoms with E-state index in [9.17, 15) is 9.59 Å². The Morgan fingerprint density at radius 3 is 2.65 bits per heavy atom. The number of nitrogens with one attached hydrogen (secondary N) is 1. The van der Waals surface area contributed by atoms with Gasteiger partial charge in [0.25, 0.3) is 0 Å². The number of hydrogen-bond donors (Lipinski definition) is 2. The van der Waals surface area contributed by atoms with Crippen molar-refractivity contribution in [2.24, 2.45) is 0 Å². The second kappa shape index (κ2) is 5.56. The number of aromatic nitrogens is 2. The lowest BCUT2D eigenvalue weighted by molar-refractivity contribution is -0.116. The highest BCUT2D eigenvalue weighted by molar-refractivity contribution is 5.93. The number of aryl methyl sites for hydroxylation is 2. The lowest BCUT2D eigenvalue weighted by Crippen LogP contribution is -2.20. The Labute approximate surface area is 116 Å². The van der Waals surface area contributed by atoms with Crippen LogP contribution in [0.1, 0.15) is 21.7 Å². The number of rotatable bonds is 4. The molecule has 0 radical (unpaired) electrons. The third-order valence-corrected chi connectivity index (χ3v) is 2.79. The van der Waals surface area contributed by atoms with E-state index in [-0.39, 0.29) is 18.0 Å². The van der Waals surface area contributed by atoms with Gasteiger partial charge < -0.3 is 10.4 Å². The van der Waals surface area contributed by atoms with Crippen molar-refractivity contribution in [2.45, 2.75) is 20.4 Å². The SMILES string of the molecule is Cc1cc(C)n(CC(=O)Nc2cccc(C(=O)O)c2)n1. The standard InChI is InChI=1S/C14H15N3O3/c1-9-6-10(2)17(16-9)8-13(18)15-12-5-3-4-11(7-12)14(19)20/h3-7H,8H2,1-2H3,(H,15,18)(H,19,20). The summed E-state index contributed by atoms with van der Waals surface area (Å²) in [6.45, 7) is 3.83. The summed E-state index contributed by atoms with van der Waals surface area (Å²) in [5.41, 5.74) is 2.34. The predicted octanol–water partition coefficient (Wildman–Crippen LogP) is 1.84. The minimum atomic E-state index is -1.03. The number of carbonyl (C=O) groups excluding carboxylic acids is 1. The first-order chi connectivity index (χ1) is 9.45. The molecular weight excluding hydrogens is 258 g/mol. The molecule has 0 aliphatic heterocycles. The summed E-state index contributed by atoms with van der Waals surface area (Å²) >= 11 is 0. The predicted molar refractivity (Wildman–Crippen MR) is 73.7 cm³/mol. The zero-order chi connectivity index (χ0) is 14.7. The van der Waals surface area contributed by atoms with Gasteiger partial charge in [0.05, 0.1) is 11.3 Å². The molecule has 1 amide bonds. The number of benzene rings is 1. The minimum Gasteiger partial charge on any atom is -0.478 e. The maximum atomic E-state index is 11.9. The smallest absolute Gasteiger partial charge is 0.335 e. The fourth-order valence-corrected chi connectivity index (χ4v) is 1.90. The second-order valence-electron chi connectivity index (χ2n) is 4.52. The lowest BCUT2D eigenvalue weighted by Gasteiger charge is -2.07. The molecule has 0 aliphatic rings. The van der Waals surface area contributed by atoms with Crippen molar-refractivity contribution in [2.75, 3.05) is 5.32 Å². The fourth-order valence-electron chi connectivity index (χ4n) is 1.90. The van der Waals surface area contributed by atoms with E-state index in [1.807, 2.05) is 19.9 Å². The van der Waals surface area contributed by atoms with Crippen LogP contribution in [-0.4, -0.2) is 26.8 Å². The van der Waals surface area contributed by atoms with E-state index >= 15 is 0 Å². The third kappa shape index (κ3) is 3.23. The molecule has 0 fully saturated rings. The molecule has 2 N–H and O–H groups in total. The summed E-state index contributed by atoms with van der Waals surface area (Å²) in [5.74, 6) is -1.28. The normalized spacial score (nSPS) is 10.3. The van der Waals surface area contributed by atoms with Crippen LogP contribution < -0.4 is 5.32 Å². The molecule has 2 rings (SSSR count). The van der Waals surface area contributed by atoms with Crippen LogP contribution in [0.2, 0.25) is 0 Å². The highest BCUT2D eigenvalue weighted by Crippen LogP contribution is 2.11. The first kappa shape index (κ1) is 13.8. The second-order valence-corrected chi connectivity index (χ2v) is 4.52. The van der Waals surface area contributed by atoms with Crippen LogP contribution in [0.5, 0.6) is 0 Å². The number of carboxylic acid groups (broad SMARTS) is 1. The van der Waals surface area contributed by atoms with E-state index in [0.717, 1.165) is 11.4 Å². The van der Waals surface area contributed by atoms with E-state index in [1.165, 1.54) is 12.1 Å². The molecule has 0 bridgehead atoms. The minimum absolute atomic E-state index is 0.0942. The van der Waals surface area contributed by atoms with Gasteiger partial charge in [-0.2, -0.15) is 5.10 Å². The Balaban J connectivity index is 2.06. The van der Waals surface area contributed by atoms with Crippen molar-refractivity contribution < 1.29 is 14.7 Å². The van der Waals surface area contributed by atoms with Gasteiger partial charge in [0.1, 0.15) is 6.54 Å². The van der Waals surface area contributed by atoms with Gasteiger partial charge in [-0.15, -0.1) is 0 Å². The molecule has 6 heteroatoms. The van der Waals surface area contributed by atoms with E-state index in [0.29, 0.717) is 5.69 Å². The molecule has 0 atom stereocenters. The van der Waals surface area contributed by atoms with Crippen molar-refractivity contribution in [1.82, 2.24) is 9.78 Å². The van der Waals surface area contributed by atoms with Crippen LogP contribution >= 0.6 is 0 Å². The molecule has 6 nitrogen and oxygen atoms in total. The van der Waals surface area contributed by atoms with Crippen LogP contribution in [0.15, 0.2) is 30.3 Å². The monoisotopic (exact) mass is 273 g/mol. The molecule has 0 saturated heterocycles. The Hall–Kier alpha value is -2.63. The van der Waals surface area contributed by atoms with E-state index < -0.39 is 5.97 Å². The number of amides is 1. The zero-order valence-electron chi connectivity index (χ0n) is 11.3. The first-order valence-electron chi connectivity index (χ1n) is 6.10. The Kier molecular flexibility index (Phi) is 3.84. The summed E-state index contributed by atoms with van der Waals surface area (Å²) in [5, 5.41) is 15.7. The van der Waals surface area contributed by atoms with E-state index in [4.69, 9.17) is 5.11 Å². The Morgan fingerprint density at radius 1 is 1.30 bits per heavy atom. The summed E-state index contributed by atoms with van der Waals surface area (Å²) in [4.78, 5) is 22.8. The van der Waals surface area contributed by atoms with Crippen LogP contribution in [0, 0.1) is 13.8 Å². The lowest BCUT2D eigenvalue weighted by atomic mass is 10.2. The van der Waals surface area contributed by atoms with Gasteiger partial charge in [-0.1, -0.05) is 6.07 Å². The largest absolute Gasteiger partial charge is 0.478 e. The average molecular weight is 273 g/mol. The molecule has 1 heterocycles. The number of carboxylic acids is 1. The summed E-state index contributed by atoms with van der Waals surface area (Å²) < 4.78 is 1.60. The van der Waals surface area contributed by atoms with Crippen molar-refractivity contribution in [1.29, 1.82) is 0 Å². The average Bonchev–Trinajstić information content (AvgIpc) is 2.67. The quantitative estimate of drug-likeness (QED) is 0.890. The van der Waals surface area contributed by atoms with E-state index in [1.54, 1.807) is 16.8 Å². The molecule has 20 heavy (non-hydrogen) atoms. The molecule has 2 aromatic rings. The van der Waals surface area contributed by atoms with Gasteiger partial charge in [0, 0.05) is 11.4 Å². The van der Waals surface area contributed by atoms with Crippen LogP contribution in [0.25, 0.3) is 0 Å². The van der Waals surface area contributed by atoms with Crippen LogP contribution in [-0.2, 0) is 11.3 Å². The van der Waals surface area contributed by atoms with Gasteiger partial charge in [0.15, 0.2) is 0 Å². The summed E-state index contributed by atoms with van der Waals surface area (Å²) in [6.07, 6.45) is 0. The number of carbonyl (C=O) groups is 2. The summed E-state index contributed by atoms with van der Waals surface area (Å²) in [6, 6.07) is 8.01. The maximum Gasteiger partial charge on any atom is 0.335 e. The number of aromatic carboxylic acids is 1. The van der Waals surface area contributed by atoms with E-state index in [2.05, 4.69) is 10.4 Å². The number of nitrogens with zero attached hydrogens (tertiary/aromatic N) is 2. The van der Waals surface area contributed by atoms with Crippen molar-refractivity contribution in [3.63, 3.8) is 0 Å². The third-order valence-electron chi connectivity index (χ3n) is 2.79. The van der Waals surface area contributed by atoms with Gasteiger partial charge in [0.2, 0.25) is 5.91 Å². The molecule has 0 aliphatic carbocycles. The topological polar surface area (TPSA) is 84.2 Å². The maximum absolute atomic E-state index is 11.9. The van der Waals surface area contributed by atoms with Crippen molar-refractivity contribution in [3.05, 3.63) is 47.3 Å².